The maximum Gasteiger partial charge on any atom is 0.190 e. The number of aryl methyl sites for hydroxylation is 1. The van der Waals surface area contributed by atoms with E-state index in [2.05, 4.69) is 4.90 Å². The SMILES string of the molecule is CO[C@H]1[C@@H]2OC(C)(C)O[C@H]2O[C@H]1[C@@H](CS(=O)(=O)c1ccc(C)cc1)N1CCCCC1. The van der Waals surface area contributed by atoms with E-state index >= 15 is 0 Å². The summed E-state index contributed by atoms with van der Waals surface area (Å²) in [6.07, 6.45) is 1.51. The van der Waals surface area contributed by atoms with Gasteiger partial charge in [-0.2, -0.15) is 0 Å². The Morgan fingerprint density at radius 2 is 1.80 bits per heavy atom. The first-order valence-electron chi connectivity index (χ1n) is 10.8. The van der Waals surface area contributed by atoms with E-state index in [0.717, 1.165) is 31.5 Å². The van der Waals surface area contributed by atoms with Gasteiger partial charge in [0.25, 0.3) is 0 Å². The molecule has 0 saturated carbocycles. The molecule has 7 nitrogen and oxygen atoms in total. The van der Waals surface area contributed by atoms with Crippen molar-refractivity contribution in [2.45, 2.75) is 81.4 Å². The standard InChI is InChI=1S/C22H33NO6S/c1-15-8-10-16(11-9-15)30(24,25)14-17(23-12-6-5-7-13-23)18-19(26-4)20-21(27-18)29-22(2,3)28-20/h8-11,17-21H,5-7,12-14H2,1-4H3/t17-,18+,19-,20+,21-/m1/s1. The van der Waals surface area contributed by atoms with E-state index in [9.17, 15) is 8.42 Å². The van der Waals surface area contributed by atoms with Crippen LogP contribution in [0.25, 0.3) is 0 Å². The van der Waals surface area contributed by atoms with Gasteiger partial charge >= 0.3 is 0 Å². The summed E-state index contributed by atoms with van der Waals surface area (Å²) in [7, 11) is -1.88. The van der Waals surface area contributed by atoms with E-state index in [4.69, 9.17) is 18.9 Å². The molecule has 30 heavy (non-hydrogen) atoms. The fourth-order valence-electron chi connectivity index (χ4n) is 4.81. The lowest BCUT2D eigenvalue weighted by atomic mass is 10.0. The Bertz CT molecular complexity index is 834. The lowest BCUT2D eigenvalue weighted by molar-refractivity contribution is -0.223. The summed E-state index contributed by atoms with van der Waals surface area (Å²) in [4.78, 5) is 2.59. The van der Waals surface area contributed by atoms with Crippen molar-refractivity contribution in [1.82, 2.24) is 4.90 Å². The zero-order chi connectivity index (χ0) is 21.5. The first-order chi connectivity index (χ1) is 14.2. The van der Waals surface area contributed by atoms with Crippen molar-refractivity contribution < 1.29 is 27.4 Å². The third kappa shape index (κ3) is 4.45. The zero-order valence-corrected chi connectivity index (χ0v) is 19.1. The van der Waals surface area contributed by atoms with Crippen LogP contribution in [0.3, 0.4) is 0 Å². The minimum absolute atomic E-state index is 0.0244. The summed E-state index contributed by atoms with van der Waals surface area (Å²) in [5.41, 5.74) is 1.03. The van der Waals surface area contributed by atoms with Crippen LogP contribution in [0.15, 0.2) is 29.2 Å². The Balaban J connectivity index is 1.61. The molecule has 3 aliphatic rings. The molecule has 0 aromatic heterocycles. The highest BCUT2D eigenvalue weighted by atomic mass is 32.2. The van der Waals surface area contributed by atoms with E-state index in [1.165, 1.54) is 6.42 Å². The van der Waals surface area contributed by atoms with Gasteiger partial charge in [0.2, 0.25) is 0 Å². The molecule has 0 aliphatic carbocycles. The molecule has 168 valence electrons. The molecule has 3 fully saturated rings. The molecule has 1 aromatic carbocycles. The minimum atomic E-state index is -3.50. The van der Waals surface area contributed by atoms with E-state index in [-0.39, 0.29) is 17.9 Å². The number of piperidine rings is 1. The molecule has 0 spiro atoms. The van der Waals surface area contributed by atoms with Gasteiger partial charge in [-0.05, 0) is 58.8 Å². The van der Waals surface area contributed by atoms with Crippen LogP contribution in [0.1, 0.15) is 38.7 Å². The van der Waals surface area contributed by atoms with Gasteiger partial charge in [0.1, 0.15) is 18.3 Å². The molecule has 5 atom stereocenters. The zero-order valence-electron chi connectivity index (χ0n) is 18.2. The van der Waals surface area contributed by atoms with Crippen molar-refractivity contribution in [3.05, 3.63) is 29.8 Å². The summed E-state index contributed by atoms with van der Waals surface area (Å²) in [6.45, 7) is 7.35. The van der Waals surface area contributed by atoms with E-state index < -0.39 is 34.1 Å². The topological polar surface area (TPSA) is 74.3 Å². The van der Waals surface area contributed by atoms with Gasteiger partial charge < -0.3 is 18.9 Å². The number of hydrogen-bond acceptors (Lipinski definition) is 7. The quantitative estimate of drug-likeness (QED) is 0.674. The van der Waals surface area contributed by atoms with Gasteiger partial charge in [-0.1, -0.05) is 24.1 Å². The summed E-state index contributed by atoms with van der Waals surface area (Å²) < 4.78 is 50.6. The Hall–Kier alpha value is -1.03. The number of nitrogens with zero attached hydrogens (tertiary/aromatic N) is 1. The highest BCUT2D eigenvalue weighted by Crippen LogP contribution is 2.41. The second kappa shape index (κ2) is 8.48. The molecular formula is C22H33NO6S. The highest BCUT2D eigenvalue weighted by Gasteiger charge is 2.58. The number of likely N-dealkylation sites (tertiary alicyclic amines) is 1. The summed E-state index contributed by atoms with van der Waals surface area (Å²) in [6, 6.07) is 6.71. The van der Waals surface area contributed by atoms with E-state index in [0.29, 0.717) is 4.90 Å². The van der Waals surface area contributed by atoms with Crippen LogP contribution in [0.2, 0.25) is 0 Å². The second-order valence-electron chi connectivity index (χ2n) is 9.03. The fourth-order valence-corrected chi connectivity index (χ4v) is 6.40. The predicted molar refractivity (Wildman–Crippen MR) is 112 cm³/mol. The molecule has 0 bridgehead atoms. The molecule has 3 saturated heterocycles. The summed E-state index contributed by atoms with van der Waals surface area (Å²) in [5.74, 6) is -0.769. The lowest BCUT2D eigenvalue weighted by Gasteiger charge is -2.39. The third-order valence-electron chi connectivity index (χ3n) is 6.31. The predicted octanol–water partition coefficient (Wildman–Crippen LogP) is 2.51. The van der Waals surface area contributed by atoms with Gasteiger partial charge in [-0.25, -0.2) is 8.42 Å². The number of hydrogen-bond donors (Lipinski definition) is 0. The average molecular weight is 440 g/mol. The highest BCUT2D eigenvalue weighted by molar-refractivity contribution is 7.91. The molecule has 3 aliphatic heterocycles. The molecule has 1 aromatic rings. The van der Waals surface area contributed by atoms with Gasteiger partial charge in [-0.3, -0.25) is 4.90 Å². The minimum Gasteiger partial charge on any atom is -0.376 e. The van der Waals surface area contributed by atoms with Gasteiger partial charge in [0.05, 0.1) is 16.7 Å². The van der Waals surface area contributed by atoms with E-state index in [1.807, 2.05) is 32.9 Å². The Morgan fingerprint density at radius 3 is 2.43 bits per heavy atom. The van der Waals surface area contributed by atoms with Crippen LogP contribution in [-0.2, 0) is 28.8 Å². The average Bonchev–Trinajstić information content (AvgIpc) is 3.18. The van der Waals surface area contributed by atoms with Crippen molar-refractivity contribution in [2.24, 2.45) is 0 Å². The van der Waals surface area contributed by atoms with Gasteiger partial charge in [-0.15, -0.1) is 0 Å². The number of rotatable bonds is 6. The largest absolute Gasteiger partial charge is 0.376 e. The van der Waals surface area contributed by atoms with Crippen molar-refractivity contribution in [1.29, 1.82) is 0 Å². The number of benzene rings is 1. The maximum atomic E-state index is 13.3. The lowest BCUT2D eigenvalue weighted by Crippen LogP contribution is -2.54. The fraction of sp³-hybridized carbons (Fsp3) is 0.727. The second-order valence-corrected chi connectivity index (χ2v) is 11.1. The first kappa shape index (κ1) is 22.2. The Morgan fingerprint density at radius 1 is 1.13 bits per heavy atom. The van der Waals surface area contributed by atoms with Crippen molar-refractivity contribution in [3.8, 4) is 0 Å². The molecule has 0 radical (unpaired) electrons. The molecule has 0 N–H and O–H groups in total. The summed E-state index contributed by atoms with van der Waals surface area (Å²) >= 11 is 0. The number of sulfone groups is 1. The number of methoxy groups -OCH3 is 1. The smallest absolute Gasteiger partial charge is 0.190 e. The van der Waals surface area contributed by atoms with Crippen LogP contribution in [0, 0.1) is 6.92 Å². The van der Waals surface area contributed by atoms with Crippen LogP contribution < -0.4 is 0 Å². The Labute approximate surface area is 179 Å². The number of fused-ring (bicyclic) bond motifs is 1. The normalized spacial score (nSPS) is 32.8. The monoisotopic (exact) mass is 439 g/mol. The van der Waals surface area contributed by atoms with Crippen LogP contribution in [0.4, 0.5) is 0 Å². The molecule has 8 heteroatoms. The van der Waals surface area contributed by atoms with Crippen LogP contribution in [-0.4, -0.2) is 75.7 Å². The molecule has 3 heterocycles. The van der Waals surface area contributed by atoms with Crippen LogP contribution in [0.5, 0.6) is 0 Å². The van der Waals surface area contributed by atoms with Gasteiger partial charge in [0.15, 0.2) is 21.9 Å². The van der Waals surface area contributed by atoms with Crippen molar-refractivity contribution in [3.63, 3.8) is 0 Å². The van der Waals surface area contributed by atoms with Crippen molar-refractivity contribution >= 4 is 9.84 Å². The summed E-state index contributed by atoms with van der Waals surface area (Å²) in [5, 5.41) is 0. The number of ether oxygens (including phenoxy) is 4. The molecule has 4 rings (SSSR count). The van der Waals surface area contributed by atoms with E-state index in [1.54, 1.807) is 19.2 Å². The van der Waals surface area contributed by atoms with Crippen LogP contribution >= 0.6 is 0 Å². The molecule has 0 amide bonds. The molecule has 0 unspecified atom stereocenters. The van der Waals surface area contributed by atoms with Gasteiger partial charge in [0, 0.05) is 7.11 Å². The maximum absolute atomic E-state index is 13.3. The molecular weight excluding hydrogens is 406 g/mol. The Kier molecular flexibility index (Phi) is 6.27. The first-order valence-corrected chi connectivity index (χ1v) is 12.4. The third-order valence-corrected chi connectivity index (χ3v) is 8.08. The van der Waals surface area contributed by atoms with Crippen molar-refractivity contribution in [2.75, 3.05) is 26.0 Å².